The molecule has 1 aromatic rings. The van der Waals surface area contributed by atoms with Crippen LogP contribution in [-0.4, -0.2) is 13.1 Å². The van der Waals surface area contributed by atoms with Crippen LogP contribution in [-0.2, 0) is 22.4 Å². The molecule has 0 saturated heterocycles. The molecule has 0 N–H and O–H groups in total. The van der Waals surface area contributed by atoms with E-state index in [0.29, 0.717) is 0 Å². The molecule has 1 aliphatic rings. The number of anilines is 2. The number of para-hydroxylation sites is 2. The van der Waals surface area contributed by atoms with Crippen molar-refractivity contribution >= 4 is 11.4 Å². The summed E-state index contributed by atoms with van der Waals surface area (Å²) in [5.74, 6) is 0. The van der Waals surface area contributed by atoms with Crippen LogP contribution >= 0.6 is 0 Å². The molecule has 1 aliphatic heterocycles. The number of benzene rings is 1. The molecule has 0 unspecified atom stereocenters. The smallest absolute Gasteiger partial charge is 0.502 e. The van der Waals surface area contributed by atoms with Gasteiger partial charge in [-0.25, -0.2) is 0 Å². The summed E-state index contributed by atoms with van der Waals surface area (Å²) in [4.78, 5) is 4.55. The van der Waals surface area contributed by atoms with E-state index < -0.39 is 0 Å². The normalized spacial score (nSPS) is 13.9. The van der Waals surface area contributed by atoms with Crippen LogP contribution in [0.25, 0.3) is 0 Å². The Morgan fingerprint density at radius 3 is 1.79 bits per heavy atom. The van der Waals surface area contributed by atoms with E-state index in [9.17, 15) is 0 Å². The van der Waals surface area contributed by atoms with Crippen molar-refractivity contribution in [3.8, 4) is 0 Å². The molecule has 2 rings (SSSR count). The van der Waals surface area contributed by atoms with Gasteiger partial charge in [-0.15, -0.1) is 0 Å². The number of hydrogen-bond acceptors (Lipinski definition) is 2. The predicted octanol–water partition coefficient (Wildman–Crippen LogP) is 2.47. The third-order valence-electron chi connectivity index (χ3n) is 2.46. The summed E-state index contributed by atoms with van der Waals surface area (Å²) in [7, 11) is 0. The zero-order valence-corrected chi connectivity index (χ0v) is 10.7. The standard InChI is InChI=1S/C11H15N2.Au/c1-3-12-9-13(4-2)11-8-6-5-7-10(11)12;/h5-9H,3-4H2,1-2H3;/q-1;+1. The van der Waals surface area contributed by atoms with Gasteiger partial charge in [-0.3, -0.25) is 0 Å². The molecule has 2 nitrogen and oxygen atoms in total. The van der Waals surface area contributed by atoms with E-state index in [1.54, 1.807) is 0 Å². The quantitative estimate of drug-likeness (QED) is 0.582. The molecule has 0 spiro atoms. The van der Waals surface area contributed by atoms with Crippen LogP contribution in [0.15, 0.2) is 24.3 Å². The van der Waals surface area contributed by atoms with E-state index in [-0.39, 0.29) is 22.4 Å². The zero-order chi connectivity index (χ0) is 9.26. The fourth-order valence-corrected chi connectivity index (χ4v) is 1.75. The maximum Gasteiger partial charge on any atom is 1.00 e. The molecule has 0 saturated carbocycles. The van der Waals surface area contributed by atoms with Crippen molar-refractivity contribution in [3.63, 3.8) is 0 Å². The molecule has 1 heterocycles. The summed E-state index contributed by atoms with van der Waals surface area (Å²) in [6.45, 7) is 8.60. The molecular formula is C11H15AuN2. The van der Waals surface area contributed by atoms with Crippen LogP contribution in [0.5, 0.6) is 0 Å². The van der Waals surface area contributed by atoms with Crippen molar-refractivity contribution in [2.45, 2.75) is 13.8 Å². The van der Waals surface area contributed by atoms with Gasteiger partial charge < -0.3 is 9.80 Å². The summed E-state index contributed by atoms with van der Waals surface area (Å²) >= 11 is 0. The second-order valence-corrected chi connectivity index (χ2v) is 3.18. The van der Waals surface area contributed by atoms with Crippen LogP contribution in [0.1, 0.15) is 13.8 Å². The molecule has 0 amide bonds. The first-order chi connectivity index (χ1) is 6.36. The van der Waals surface area contributed by atoms with Crippen molar-refractivity contribution < 1.29 is 22.4 Å². The van der Waals surface area contributed by atoms with Crippen molar-refractivity contribution in [1.29, 1.82) is 0 Å². The third-order valence-corrected chi connectivity index (χ3v) is 2.46. The maximum atomic E-state index is 2.28. The Kier molecular flexibility index (Phi) is 4.05. The first-order valence-corrected chi connectivity index (χ1v) is 4.84. The van der Waals surface area contributed by atoms with Gasteiger partial charge in [-0.1, -0.05) is 12.1 Å². The first-order valence-electron chi connectivity index (χ1n) is 4.84. The van der Waals surface area contributed by atoms with Crippen molar-refractivity contribution in [3.05, 3.63) is 30.9 Å². The summed E-state index contributed by atoms with van der Waals surface area (Å²) in [5, 5.41) is 0. The number of rotatable bonds is 2. The maximum absolute atomic E-state index is 2.28. The minimum absolute atomic E-state index is 0. The minimum Gasteiger partial charge on any atom is -0.502 e. The van der Waals surface area contributed by atoms with Gasteiger partial charge >= 0.3 is 22.4 Å². The first kappa shape index (κ1) is 11.6. The Morgan fingerprint density at radius 1 is 1.00 bits per heavy atom. The fourth-order valence-electron chi connectivity index (χ4n) is 1.75. The Labute approximate surface area is 101 Å². The van der Waals surface area contributed by atoms with E-state index >= 15 is 0 Å². The molecule has 3 heteroatoms. The molecule has 0 bridgehead atoms. The molecule has 0 aliphatic carbocycles. The Morgan fingerprint density at radius 2 is 1.43 bits per heavy atom. The summed E-state index contributed by atoms with van der Waals surface area (Å²) in [6.07, 6.45) is 0. The van der Waals surface area contributed by atoms with Crippen molar-refractivity contribution in [2.24, 2.45) is 0 Å². The predicted molar refractivity (Wildman–Crippen MR) is 56.8 cm³/mol. The van der Waals surface area contributed by atoms with Crippen molar-refractivity contribution in [1.82, 2.24) is 0 Å². The minimum atomic E-state index is 0. The SMILES string of the molecule is CCN1[CH-]N(CC)c2ccccc21.[Au+]. The van der Waals surface area contributed by atoms with Gasteiger partial charge in [0.15, 0.2) is 0 Å². The van der Waals surface area contributed by atoms with Gasteiger partial charge in [-0.2, -0.15) is 6.67 Å². The Bertz CT molecular complexity index is 272. The van der Waals surface area contributed by atoms with Gasteiger partial charge in [0.25, 0.3) is 0 Å². The van der Waals surface area contributed by atoms with Gasteiger partial charge in [0.2, 0.25) is 0 Å². The Balaban J connectivity index is 0.000000980. The average molecular weight is 372 g/mol. The molecule has 80 valence electrons. The van der Waals surface area contributed by atoms with E-state index in [4.69, 9.17) is 0 Å². The molecule has 14 heavy (non-hydrogen) atoms. The van der Waals surface area contributed by atoms with Gasteiger partial charge in [0.05, 0.1) is 0 Å². The number of nitrogens with zero attached hydrogens (tertiary/aromatic N) is 2. The van der Waals surface area contributed by atoms with Crippen LogP contribution in [0.2, 0.25) is 0 Å². The van der Waals surface area contributed by atoms with Crippen LogP contribution < -0.4 is 9.80 Å². The molecule has 0 atom stereocenters. The molecule has 1 aromatic carbocycles. The average Bonchev–Trinajstić information content (AvgIpc) is 2.56. The monoisotopic (exact) mass is 372 g/mol. The molecular weight excluding hydrogens is 357 g/mol. The summed E-state index contributed by atoms with van der Waals surface area (Å²) < 4.78 is 0. The molecule has 0 fully saturated rings. The van der Waals surface area contributed by atoms with Gasteiger partial charge in [0, 0.05) is 11.4 Å². The van der Waals surface area contributed by atoms with E-state index in [2.05, 4.69) is 54.6 Å². The number of fused-ring (bicyclic) bond motifs is 1. The summed E-state index contributed by atoms with van der Waals surface area (Å²) in [6, 6.07) is 8.53. The summed E-state index contributed by atoms with van der Waals surface area (Å²) in [5.41, 5.74) is 2.65. The number of hydrogen-bond donors (Lipinski definition) is 0. The van der Waals surface area contributed by atoms with Crippen LogP contribution in [0, 0.1) is 6.67 Å². The van der Waals surface area contributed by atoms with Gasteiger partial charge in [-0.05, 0) is 39.1 Å². The third kappa shape index (κ3) is 1.83. The van der Waals surface area contributed by atoms with Crippen LogP contribution in [0.3, 0.4) is 0 Å². The fraction of sp³-hybridized carbons (Fsp3) is 0.364. The Hall–Kier alpha value is -0.440. The van der Waals surface area contributed by atoms with Crippen LogP contribution in [0.4, 0.5) is 11.4 Å². The second-order valence-electron chi connectivity index (χ2n) is 3.18. The zero-order valence-electron chi connectivity index (χ0n) is 8.50. The van der Waals surface area contributed by atoms with E-state index in [1.807, 2.05) is 0 Å². The molecule has 0 aromatic heterocycles. The second kappa shape index (κ2) is 4.87. The van der Waals surface area contributed by atoms with E-state index in [0.717, 1.165) is 13.1 Å². The largest absolute Gasteiger partial charge is 1.00 e. The molecule has 0 radical (unpaired) electrons. The van der Waals surface area contributed by atoms with Gasteiger partial charge in [0.1, 0.15) is 0 Å². The van der Waals surface area contributed by atoms with Crippen molar-refractivity contribution in [2.75, 3.05) is 22.9 Å². The van der Waals surface area contributed by atoms with E-state index in [1.165, 1.54) is 11.4 Å². The topological polar surface area (TPSA) is 6.48 Å².